The van der Waals surface area contributed by atoms with Crippen LogP contribution in [-0.4, -0.2) is 63.9 Å². The van der Waals surface area contributed by atoms with E-state index < -0.39 is 11.3 Å². The van der Waals surface area contributed by atoms with Gasteiger partial charge in [0.05, 0.1) is 36.8 Å². The molecule has 2 aromatic rings. The van der Waals surface area contributed by atoms with E-state index in [4.69, 9.17) is 14.7 Å². The van der Waals surface area contributed by atoms with Gasteiger partial charge in [-0.1, -0.05) is 38.2 Å². The zero-order valence-corrected chi connectivity index (χ0v) is 28.6. The Bertz CT molecular complexity index is 1820. The normalized spacial score (nSPS) is 24.6. The van der Waals surface area contributed by atoms with Gasteiger partial charge >= 0.3 is 5.97 Å². The topological polar surface area (TPSA) is 123 Å². The Morgan fingerprint density at radius 3 is 2.57 bits per heavy atom. The third-order valence-electron chi connectivity index (χ3n) is 11.0. The van der Waals surface area contributed by atoms with Crippen molar-refractivity contribution >= 4 is 29.5 Å². The molecule has 0 amide bonds. The zero-order valence-electron chi connectivity index (χ0n) is 28.6. The van der Waals surface area contributed by atoms with E-state index in [2.05, 4.69) is 57.2 Å². The summed E-state index contributed by atoms with van der Waals surface area (Å²) in [4.78, 5) is 31.7. The second-order valence-electron chi connectivity index (χ2n) is 13.5. The van der Waals surface area contributed by atoms with Crippen molar-refractivity contribution in [3.05, 3.63) is 91.7 Å². The Morgan fingerprint density at radius 2 is 1.89 bits per heavy atom. The van der Waals surface area contributed by atoms with E-state index in [1.54, 1.807) is 0 Å². The predicted molar refractivity (Wildman–Crippen MR) is 189 cm³/mol. The van der Waals surface area contributed by atoms with E-state index in [1.807, 2.05) is 18.2 Å². The largest absolute Gasteiger partial charge is 0.469 e. The molecule has 0 spiro atoms. The molecule has 3 atom stereocenters. The van der Waals surface area contributed by atoms with Crippen LogP contribution in [0.3, 0.4) is 0 Å². The van der Waals surface area contributed by atoms with Crippen molar-refractivity contribution in [2.45, 2.75) is 85.6 Å². The number of esters is 1. The van der Waals surface area contributed by atoms with Gasteiger partial charge in [0.25, 0.3) is 0 Å². The highest BCUT2D eigenvalue weighted by Crippen LogP contribution is 2.53. The van der Waals surface area contributed by atoms with E-state index >= 15 is 0 Å². The minimum absolute atomic E-state index is 0.00445. The number of aromatic amines is 2. The van der Waals surface area contributed by atoms with Gasteiger partial charge in [0, 0.05) is 60.1 Å². The number of methoxy groups -OCH3 is 1. The van der Waals surface area contributed by atoms with Crippen molar-refractivity contribution in [2.75, 3.05) is 20.3 Å². The molecular formula is C39H48N4O4. The van der Waals surface area contributed by atoms with E-state index in [9.17, 15) is 15.0 Å². The first-order chi connectivity index (χ1) is 22.6. The molecular weight excluding hydrogens is 588 g/mol. The molecule has 8 bridgehead atoms. The molecule has 3 unspecified atom stereocenters. The van der Waals surface area contributed by atoms with Gasteiger partial charge in [0.2, 0.25) is 0 Å². The number of aromatic nitrogens is 2. The van der Waals surface area contributed by atoms with Gasteiger partial charge in [0.1, 0.15) is 0 Å². The minimum atomic E-state index is -0.821. The third-order valence-corrected chi connectivity index (χ3v) is 11.0. The van der Waals surface area contributed by atoms with Crippen LogP contribution >= 0.6 is 0 Å². The maximum atomic E-state index is 13.5. The van der Waals surface area contributed by atoms with Crippen molar-refractivity contribution < 1.29 is 19.7 Å². The summed E-state index contributed by atoms with van der Waals surface area (Å²) in [6, 6.07) is -0.00445. The summed E-state index contributed by atoms with van der Waals surface area (Å²) in [7, 11) is 1.40. The standard InChI is InChI=1S/C39H48N4O4/c1-8-11-26-22(4)31-19-36-39(6)28(14-13-24(20-45)37(39)38(46)47-7)35(43-36)17-30-21(3)25(9-2)32(40-30)16-29-23(5)27(12-10-15-44)34(41-29)18-33(26)42-31/h9,13-14,17,33,37,40-41,44-45H,2,8,10-12,15-16,18-20H2,1,3-7H3/b35-17-. The summed E-state index contributed by atoms with van der Waals surface area (Å²) in [5.74, 6) is -1.09. The smallest absolute Gasteiger partial charge is 0.314 e. The lowest BCUT2D eigenvalue weighted by Crippen LogP contribution is -2.43. The summed E-state index contributed by atoms with van der Waals surface area (Å²) in [6.45, 7) is 14.8. The average Bonchev–Trinajstić information content (AvgIpc) is 3.71. The molecule has 4 N–H and O–H groups in total. The van der Waals surface area contributed by atoms with Crippen molar-refractivity contribution in [2.24, 2.45) is 21.3 Å². The molecule has 4 aliphatic rings. The Morgan fingerprint density at radius 1 is 1.11 bits per heavy atom. The number of carbonyl (C=O) groups excluding carboxylic acids is 1. The first-order valence-electron chi connectivity index (χ1n) is 16.9. The number of ether oxygens (including phenoxy) is 1. The molecule has 1 aliphatic carbocycles. The summed E-state index contributed by atoms with van der Waals surface area (Å²) >= 11 is 0. The van der Waals surface area contributed by atoms with Crippen molar-refractivity contribution in [1.29, 1.82) is 0 Å². The lowest BCUT2D eigenvalue weighted by Gasteiger charge is -2.38. The highest BCUT2D eigenvalue weighted by Gasteiger charge is 2.53. The van der Waals surface area contributed by atoms with E-state index in [0.29, 0.717) is 24.8 Å². The van der Waals surface area contributed by atoms with Crippen LogP contribution in [0.25, 0.3) is 12.2 Å². The van der Waals surface area contributed by atoms with E-state index in [0.717, 1.165) is 76.6 Å². The highest BCUT2D eigenvalue weighted by molar-refractivity contribution is 6.18. The monoisotopic (exact) mass is 636 g/mol. The number of rotatable bonds is 8. The fraction of sp³-hybridized carbons (Fsp3) is 0.462. The number of fused-ring (bicyclic) bond motifs is 9. The first-order valence-corrected chi connectivity index (χ1v) is 16.9. The fourth-order valence-corrected chi connectivity index (χ4v) is 8.36. The number of hydrogen-bond acceptors (Lipinski definition) is 6. The van der Waals surface area contributed by atoms with Crippen LogP contribution < -0.4 is 0 Å². The molecule has 8 heteroatoms. The SMILES string of the molecule is C=Cc1c2[nH]c(c1C)/C=C1\N=C(CC3=NC(Cc4[nH]c(c(C)c4CCCO)C2)C(CCC)=C3C)C2(C)C1=CC=C(CO)C2C(=O)OC. The van der Waals surface area contributed by atoms with Gasteiger partial charge in [-0.2, -0.15) is 0 Å². The second-order valence-corrected chi connectivity index (χ2v) is 13.5. The molecule has 0 aromatic carbocycles. The Labute approximate surface area is 277 Å². The van der Waals surface area contributed by atoms with Gasteiger partial charge < -0.3 is 24.9 Å². The highest BCUT2D eigenvalue weighted by atomic mass is 16.5. The van der Waals surface area contributed by atoms with Gasteiger partial charge in [0.15, 0.2) is 0 Å². The number of H-pyrrole nitrogens is 2. The Kier molecular flexibility index (Phi) is 9.02. The summed E-state index contributed by atoms with van der Waals surface area (Å²) < 4.78 is 5.35. The van der Waals surface area contributed by atoms with Gasteiger partial charge in [-0.3, -0.25) is 14.8 Å². The number of nitrogens with one attached hydrogen (secondary N) is 2. The molecule has 0 saturated carbocycles. The molecule has 5 heterocycles. The van der Waals surface area contributed by atoms with Gasteiger partial charge in [-0.15, -0.1) is 0 Å². The quantitative estimate of drug-likeness (QED) is 0.249. The summed E-state index contributed by atoms with van der Waals surface area (Å²) in [5, 5.41) is 20.1. The summed E-state index contributed by atoms with van der Waals surface area (Å²) in [6.07, 6.45) is 13.3. The number of nitrogens with zero attached hydrogens (tertiary/aromatic N) is 2. The van der Waals surface area contributed by atoms with Gasteiger partial charge in [-0.05, 0) is 97.6 Å². The molecule has 0 fully saturated rings. The molecule has 3 aliphatic heterocycles. The fourth-order valence-electron chi connectivity index (χ4n) is 8.36. The number of allylic oxidation sites excluding steroid dienone is 4. The van der Waals surface area contributed by atoms with Crippen LogP contribution in [0.2, 0.25) is 0 Å². The third kappa shape index (κ3) is 5.35. The predicted octanol–water partition coefficient (Wildman–Crippen LogP) is 6.45. The lowest BCUT2D eigenvalue weighted by molar-refractivity contribution is -0.146. The zero-order chi connectivity index (χ0) is 33.6. The Hall–Kier alpha value is -4.01. The van der Waals surface area contributed by atoms with Crippen molar-refractivity contribution in [3.8, 4) is 0 Å². The Balaban J connectivity index is 1.59. The van der Waals surface area contributed by atoms with Crippen LogP contribution in [0.1, 0.15) is 91.5 Å². The van der Waals surface area contributed by atoms with E-state index in [-0.39, 0.29) is 25.2 Å². The first kappa shape index (κ1) is 32.9. The number of carbonyl (C=O) groups is 1. The lowest BCUT2D eigenvalue weighted by atomic mass is 9.63. The van der Waals surface area contributed by atoms with Crippen molar-refractivity contribution in [1.82, 2.24) is 9.97 Å². The molecule has 8 nitrogen and oxygen atoms in total. The average molecular weight is 637 g/mol. The molecule has 248 valence electrons. The number of aliphatic hydroxyl groups excluding tert-OH is 2. The molecule has 47 heavy (non-hydrogen) atoms. The molecule has 0 saturated heterocycles. The number of aliphatic hydroxyl groups is 2. The van der Waals surface area contributed by atoms with Crippen LogP contribution in [0.15, 0.2) is 56.7 Å². The van der Waals surface area contributed by atoms with Crippen LogP contribution in [-0.2, 0) is 28.8 Å². The molecule has 2 aromatic heterocycles. The summed E-state index contributed by atoms with van der Waals surface area (Å²) in [5.41, 5.74) is 15.0. The molecule has 6 rings (SSSR count). The van der Waals surface area contributed by atoms with Crippen LogP contribution in [0.4, 0.5) is 0 Å². The van der Waals surface area contributed by atoms with Crippen molar-refractivity contribution in [3.63, 3.8) is 0 Å². The van der Waals surface area contributed by atoms with Crippen LogP contribution in [0.5, 0.6) is 0 Å². The maximum Gasteiger partial charge on any atom is 0.314 e. The van der Waals surface area contributed by atoms with E-state index in [1.165, 1.54) is 35.1 Å². The second kappa shape index (κ2) is 12.9. The molecule has 0 radical (unpaired) electrons. The van der Waals surface area contributed by atoms with Gasteiger partial charge in [-0.25, -0.2) is 0 Å². The number of aliphatic imine (C=N–C) groups is 2. The maximum absolute atomic E-state index is 13.5. The van der Waals surface area contributed by atoms with Crippen LogP contribution in [0, 0.1) is 25.2 Å². The number of hydrogen-bond donors (Lipinski definition) is 4. The minimum Gasteiger partial charge on any atom is -0.469 e.